The van der Waals surface area contributed by atoms with Gasteiger partial charge in [0, 0.05) is 39.1 Å². The van der Waals surface area contributed by atoms with E-state index >= 15 is 4.39 Å². The van der Waals surface area contributed by atoms with Gasteiger partial charge in [-0.3, -0.25) is 14.9 Å². The molecule has 0 bridgehead atoms. The Balaban J connectivity index is 1.45. The zero-order chi connectivity index (χ0) is 24.6. The second kappa shape index (κ2) is 12.7. The first-order valence-corrected chi connectivity index (χ1v) is 13.0. The maximum absolute atomic E-state index is 15.0. The molecular formula is C28H40FN3O3. The van der Waals surface area contributed by atoms with Gasteiger partial charge in [0.1, 0.15) is 11.6 Å². The molecule has 4 rings (SSSR count). The van der Waals surface area contributed by atoms with Crippen molar-refractivity contribution in [1.82, 2.24) is 10.1 Å². The Kier molecular flexibility index (Phi) is 9.38. The summed E-state index contributed by atoms with van der Waals surface area (Å²) in [6.07, 6.45) is 6.20. The molecule has 0 spiro atoms. The van der Waals surface area contributed by atoms with Crippen molar-refractivity contribution in [1.29, 1.82) is 0 Å². The van der Waals surface area contributed by atoms with E-state index in [1.165, 1.54) is 19.5 Å². The highest BCUT2D eigenvalue weighted by molar-refractivity contribution is 5.58. The van der Waals surface area contributed by atoms with Gasteiger partial charge in [0.25, 0.3) is 0 Å². The highest BCUT2D eigenvalue weighted by Gasteiger charge is 2.35. The van der Waals surface area contributed by atoms with Crippen LogP contribution in [0.5, 0.6) is 5.75 Å². The van der Waals surface area contributed by atoms with Crippen LogP contribution in [0.1, 0.15) is 50.0 Å². The fourth-order valence-electron chi connectivity index (χ4n) is 5.82. The lowest BCUT2D eigenvalue weighted by Gasteiger charge is -2.39. The molecule has 2 aliphatic rings. The van der Waals surface area contributed by atoms with Crippen molar-refractivity contribution in [2.75, 3.05) is 51.8 Å². The predicted octanol–water partition coefficient (Wildman–Crippen LogP) is 5.33. The van der Waals surface area contributed by atoms with Crippen LogP contribution in [0.15, 0.2) is 48.5 Å². The summed E-state index contributed by atoms with van der Waals surface area (Å²) in [6, 6.07) is 15.2. The number of piperazine rings is 1. The summed E-state index contributed by atoms with van der Waals surface area (Å²) < 4.78 is 20.6. The number of benzene rings is 2. The second-order valence-corrected chi connectivity index (χ2v) is 9.85. The number of anilines is 1. The fourth-order valence-corrected chi connectivity index (χ4v) is 5.82. The van der Waals surface area contributed by atoms with Crippen molar-refractivity contribution in [3.8, 4) is 5.75 Å². The number of hydrogen-bond acceptors (Lipinski definition) is 6. The molecule has 192 valence electrons. The van der Waals surface area contributed by atoms with E-state index in [-0.39, 0.29) is 17.8 Å². The van der Waals surface area contributed by atoms with Gasteiger partial charge < -0.3 is 9.64 Å². The molecule has 2 aromatic rings. The molecule has 2 aromatic carbocycles. The minimum Gasteiger partial charge on any atom is -0.495 e. The normalized spacial score (nSPS) is 19.6. The number of hydrogen-bond donors (Lipinski definition) is 1. The van der Waals surface area contributed by atoms with Crippen LogP contribution in [0.25, 0.3) is 0 Å². The number of para-hydroxylation sites is 2. The summed E-state index contributed by atoms with van der Waals surface area (Å²) in [5.41, 5.74) is 1.83. The predicted molar refractivity (Wildman–Crippen MR) is 136 cm³/mol. The topological polar surface area (TPSA) is 48.4 Å². The lowest BCUT2D eigenvalue weighted by molar-refractivity contribution is -0.356. The quantitative estimate of drug-likeness (QED) is 0.459. The van der Waals surface area contributed by atoms with E-state index in [0.717, 1.165) is 81.5 Å². The number of ether oxygens (including phenoxy) is 1. The summed E-state index contributed by atoms with van der Waals surface area (Å²) in [7, 11) is 3.22. The molecule has 0 amide bonds. The van der Waals surface area contributed by atoms with Crippen LogP contribution in [0.4, 0.5) is 10.1 Å². The van der Waals surface area contributed by atoms with E-state index in [4.69, 9.17) is 9.57 Å². The molecule has 2 fully saturated rings. The van der Waals surface area contributed by atoms with Crippen LogP contribution in [0, 0.1) is 11.7 Å². The highest BCUT2D eigenvalue weighted by atomic mass is 19.1. The van der Waals surface area contributed by atoms with Gasteiger partial charge in [-0.05, 0) is 55.5 Å². The average molecular weight is 486 g/mol. The molecule has 1 aliphatic carbocycles. The minimum absolute atomic E-state index is 0.124. The van der Waals surface area contributed by atoms with Crippen LogP contribution in [0.3, 0.4) is 0 Å². The Morgan fingerprint density at radius 2 is 1.69 bits per heavy atom. The zero-order valence-corrected chi connectivity index (χ0v) is 21.1. The summed E-state index contributed by atoms with van der Waals surface area (Å²) in [5, 5.41) is 10.8. The van der Waals surface area contributed by atoms with E-state index < -0.39 is 0 Å². The van der Waals surface area contributed by atoms with Crippen molar-refractivity contribution >= 4 is 5.69 Å². The molecule has 35 heavy (non-hydrogen) atoms. The second-order valence-electron chi connectivity index (χ2n) is 9.85. The molecule has 2 atom stereocenters. The van der Waals surface area contributed by atoms with Gasteiger partial charge in [-0.15, -0.1) is 0 Å². The van der Waals surface area contributed by atoms with E-state index in [1.54, 1.807) is 13.2 Å². The van der Waals surface area contributed by atoms with Crippen LogP contribution in [-0.2, 0) is 4.84 Å². The minimum atomic E-state index is -0.253. The van der Waals surface area contributed by atoms with Crippen molar-refractivity contribution in [2.45, 2.75) is 50.5 Å². The maximum atomic E-state index is 15.0. The summed E-state index contributed by atoms with van der Waals surface area (Å²) in [6.45, 7) is 4.59. The van der Waals surface area contributed by atoms with Crippen molar-refractivity contribution < 1.29 is 19.2 Å². The van der Waals surface area contributed by atoms with Crippen molar-refractivity contribution in [3.05, 3.63) is 59.9 Å². The van der Waals surface area contributed by atoms with Crippen LogP contribution in [0.2, 0.25) is 0 Å². The average Bonchev–Trinajstić information content (AvgIpc) is 2.89. The molecule has 0 aromatic heterocycles. The number of nitrogens with zero attached hydrogens (tertiary/aromatic N) is 3. The van der Waals surface area contributed by atoms with Gasteiger partial charge in [-0.25, -0.2) is 4.39 Å². The largest absolute Gasteiger partial charge is 0.495 e. The van der Waals surface area contributed by atoms with Gasteiger partial charge in [0.05, 0.1) is 18.9 Å². The van der Waals surface area contributed by atoms with Gasteiger partial charge in [-0.2, -0.15) is 0 Å². The van der Waals surface area contributed by atoms with E-state index in [9.17, 15) is 5.21 Å². The molecule has 7 heteroatoms. The monoisotopic (exact) mass is 485 g/mol. The maximum Gasteiger partial charge on any atom is 0.142 e. The molecule has 1 N–H and O–H groups in total. The lowest BCUT2D eigenvalue weighted by atomic mass is 9.76. The summed E-state index contributed by atoms with van der Waals surface area (Å²) in [5.74, 6) is 0.899. The molecule has 1 saturated carbocycles. The molecule has 0 radical (unpaired) electrons. The van der Waals surface area contributed by atoms with E-state index in [1.807, 2.05) is 30.3 Å². The zero-order valence-electron chi connectivity index (χ0n) is 21.1. The highest BCUT2D eigenvalue weighted by Crippen LogP contribution is 2.38. The number of methoxy groups -OCH3 is 1. The van der Waals surface area contributed by atoms with Crippen LogP contribution < -0.4 is 9.64 Å². The smallest absolute Gasteiger partial charge is 0.142 e. The Morgan fingerprint density at radius 3 is 2.37 bits per heavy atom. The number of rotatable bonds is 10. The van der Waals surface area contributed by atoms with Gasteiger partial charge in [-0.1, -0.05) is 54.8 Å². The van der Waals surface area contributed by atoms with Gasteiger partial charge in [0.2, 0.25) is 0 Å². The van der Waals surface area contributed by atoms with Gasteiger partial charge >= 0.3 is 0 Å². The number of hydroxylamine groups is 2. The molecule has 6 nitrogen and oxygen atoms in total. The Hall–Kier alpha value is -2.19. The Morgan fingerprint density at radius 1 is 1.00 bits per heavy atom. The first-order chi connectivity index (χ1) is 17.1. The third-order valence-electron chi connectivity index (χ3n) is 7.64. The SMILES string of the molecule is COc1ccccc1N1CCN(CCC(c2ccccc2F)C(ON(C)O)C2CCCCC2)CC1. The third kappa shape index (κ3) is 6.73. The summed E-state index contributed by atoms with van der Waals surface area (Å²) >= 11 is 0. The van der Waals surface area contributed by atoms with E-state index in [0.29, 0.717) is 11.5 Å². The first kappa shape index (κ1) is 25.9. The molecule has 1 aliphatic heterocycles. The first-order valence-electron chi connectivity index (χ1n) is 13.0. The van der Waals surface area contributed by atoms with Crippen LogP contribution in [-0.4, -0.2) is 68.3 Å². The third-order valence-corrected chi connectivity index (χ3v) is 7.64. The van der Waals surface area contributed by atoms with Crippen molar-refractivity contribution in [3.63, 3.8) is 0 Å². The Labute approximate surface area is 209 Å². The van der Waals surface area contributed by atoms with Crippen LogP contribution >= 0.6 is 0 Å². The number of halogens is 1. The standard InChI is InChI=1S/C28H40FN3O3/c1-30(33)35-28(22-10-4-3-5-11-22)24(23-12-6-7-13-25(23)29)16-17-31-18-20-32(21-19-31)26-14-8-9-15-27(26)34-2/h6-9,12-15,22,24,28,33H,3-5,10-11,16-21H2,1-2H3. The van der Waals surface area contributed by atoms with Crippen molar-refractivity contribution in [2.24, 2.45) is 5.92 Å². The molecule has 1 heterocycles. The fraction of sp³-hybridized carbons (Fsp3) is 0.571. The lowest BCUT2D eigenvalue weighted by Crippen LogP contribution is -2.47. The Bertz CT molecular complexity index is 914. The molecule has 2 unspecified atom stereocenters. The summed E-state index contributed by atoms with van der Waals surface area (Å²) in [4.78, 5) is 10.8. The molecule has 1 saturated heterocycles. The van der Waals surface area contributed by atoms with E-state index in [2.05, 4.69) is 15.9 Å². The molecular weight excluding hydrogens is 445 g/mol. The van der Waals surface area contributed by atoms with Gasteiger partial charge in [0.15, 0.2) is 0 Å².